The summed E-state index contributed by atoms with van der Waals surface area (Å²) in [5.74, 6) is -0.0967. The van der Waals surface area contributed by atoms with E-state index in [1.165, 1.54) is 6.07 Å². The maximum atomic E-state index is 14.7. The van der Waals surface area contributed by atoms with Gasteiger partial charge in [0.05, 0.1) is 24.2 Å². The van der Waals surface area contributed by atoms with E-state index in [0.717, 1.165) is 46.6 Å². The average molecular weight is 434 g/mol. The predicted molar refractivity (Wildman–Crippen MR) is 123 cm³/mol. The van der Waals surface area contributed by atoms with E-state index in [9.17, 15) is 4.39 Å². The summed E-state index contributed by atoms with van der Waals surface area (Å²) in [7, 11) is 0. The first-order chi connectivity index (χ1) is 15.7. The molecule has 2 aromatic heterocycles. The molecule has 4 aromatic rings. The third-order valence-electron chi connectivity index (χ3n) is 5.34. The number of para-hydroxylation sites is 1. The van der Waals surface area contributed by atoms with Crippen LogP contribution in [0.25, 0.3) is 16.9 Å². The summed E-state index contributed by atoms with van der Waals surface area (Å²) in [6.07, 6.45) is 5.71. The number of nitrogens with one attached hydrogen (secondary N) is 2. The third-order valence-corrected chi connectivity index (χ3v) is 5.34. The molecule has 0 radical (unpaired) electrons. The van der Waals surface area contributed by atoms with E-state index in [2.05, 4.69) is 22.4 Å². The molecule has 0 amide bonds. The van der Waals surface area contributed by atoms with Gasteiger partial charge < -0.3 is 10.1 Å². The van der Waals surface area contributed by atoms with Crippen LogP contribution in [-0.2, 0) is 13.1 Å². The fourth-order valence-corrected chi connectivity index (χ4v) is 3.47. The number of aromatic nitrogens is 4. The van der Waals surface area contributed by atoms with Gasteiger partial charge in [-0.05, 0) is 43.7 Å². The number of H-pyrrole nitrogens is 1. The summed E-state index contributed by atoms with van der Waals surface area (Å²) in [4.78, 5) is 0. The summed E-state index contributed by atoms with van der Waals surface area (Å²) >= 11 is 0. The van der Waals surface area contributed by atoms with Crippen molar-refractivity contribution in [3.05, 3.63) is 83.6 Å². The second-order valence-electron chi connectivity index (χ2n) is 7.75. The summed E-state index contributed by atoms with van der Waals surface area (Å²) in [5, 5.41) is 15.2. The molecule has 0 aliphatic heterocycles. The molecule has 2 heterocycles. The van der Waals surface area contributed by atoms with Crippen molar-refractivity contribution >= 4 is 0 Å². The zero-order chi connectivity index (χ0) is 22.3. The molecule has 0 atom stereocenters. The molecule has 0 fully saturated rings. The number of aromatic amines is 1. The van der Waals surface area contributed by atoms with Crippen molar-refractivity contribution in [3.63, 3.8) is 0 Å². The molecule has 2 N–H and O–H groups in total. The first kappa shape index (κ1) is 21.8. The van der Waals surface area contributed by atoms with Crippen LogP contribution >= 0.6 is 0 Å². The number of halogens is 1. The van der Waals surface area contributed by atoms with E-state index in [1.807, 2.05) is 60.4 Å². The lowest BCUT2D eigenvalue weighted by molar-refractivity contribution is 0.294. The van der Waals surface area contributed by atoms with Crippen molar-refractivity contribution in [1.29, 1.82) is 0 Å². The molecule has 0 saturated carbocycles. The number of rotatable bonds is 10. The SMILES string of the molecule is CCCCOc1ccc(-c2nn(-c3ccccc3)cc2CNCc2cn[nH]c2C)cc1F. The van der Waals surface area contributed by atoms with E-state index >= 15 is 0 Å². The zero-order valence-electron chi connectivity index (χ0n) is 18.4. The second-order valence-corrected chi connectivity index (χ2v) is 7.75. The standard InChI is InChI=1S/C25H28FN5O/c1-3-4-12-32-24-11-10-19(13-23(24)26)25-21(15-27-14-20-16-28-29-18(20)2)17-31(30-25)22-8-6-5-7-9-22/h5-11,13,16-17,27H,3-4,12,14-15H2,1-2H3,(H,28,29). The van der Waals surface area contributed by atoms with Crippen LogP contribution in [-0.4, -0.2) is 26.6 Å². The van der Waals surface area contributed by atoms with Crippen molar-refractivity contribution in [2.24, 2.45) is 0 Å². The Kier molecular flexibility index (Phi) is 6.97. The molecule has 0 aliphatic carbocycles. The van der Waals surface area contributed by atoms with Crippen LogP contribution in [0.2, 0.25) is 0 Å². The van der Waals surface area contributed by atoms with Crippen LogP contribution in [0.4, 0.5) is 4.39 Å². The van der Waals surface area contributed by atoms with Gasteiger partial charge in [-0.25, -0.2) is 9.07 Å². The highest BCUT2D eigenvalue weighted by Gasteiger charge is 2.15. The van der Waals surface area contributed by atoms with E-state index in [4.69, 9.17) is 9.84 Å². The summed E-state index contributed by atoms with van der Waals surface area (Å²) in [6, 6.07) is 15.0. The minimum absolute atomic E-state index is 0.278. The van der Waals surface area contributed by atoms with Crippen molar-refractivity contribution in [3.8, 4) is 22.7 Å². The molecule has 6 nitrogen and oxygen atoms in total. The van der Waals surface area contributed by atoms with Crippen LogP contribution in [0.3, 0.4) is 0 Å². The lowest BCUT2D eigenvalue weighted by Gasteiger charge is -2.09. The third kappa shape index (κ3) is 5.06. The molecular weight excluding hydrogens is 405 g/mol. The Bertz CT molecular complexity index is 1150. The normalized spacial score (nSPS) is 11.1. The number of aryl methyl sites for hydroxylation is 1. The number of unbranched alkanes of at least 4 members (excludes halogenated alkanes) is 1. The minimum Gasteiger partial charge on any atom is -0.491 e. The van der Waals surface area contributed by atoms with Crippen LogP contribution in [0, 0.1) is 12.7 Å². The first-order valence-electron chi connectivity index (χ1n) is 10.9. The highest BCUT2D eigenvalue weighted by molar-refractivity contribution is 5.64. The van der Waals surface area contributed by atoms with Crippen molar-refractivity contribution in [2.75, 3.05) is 6.61 Å². The quantitative estimate of drug-likeness (QED) is 0.338. The molecule has 0 bridgehead atoms. The summed E-state index contributed by atoms with van der Waals surface area (Å²) in [5.41, 5.74) is 5.54. The van der Waals surface area contributed by atoms with Crippen LogP contribution in [0.5, 0.6) is 5.75 Å². The second kappa shape index (κ2) is 10.2. The molecule has 7 heteroatoms. The Balaban J connectivity index is 1.60. The fourth-order valence-electron chi connectivity index (χ4n) is 3.47. The highest BCUT2D eigenvalue weighted by Crippen LogP contribution is 2.28. The Morgan fingerprint density at radius 3 is 2.62 bits per heavy atom. The van der Waals surface area contributed by atoms with E-state index in [0.29, 0.717) is 19.7 Å². The van der Waals surface area contributed by atoms with Crippen LogP contribution < -0.4 is 10.1 Å². The van der Waals surface area contributed by atoms with Gasteiger partial charge in [-0.15, -0.1) is 0 Å². The average Bonchev–Trinajstić information content (AvgIpc) is 3.42. The van der Waals surface area contributed by atoms with Crippen molar-refractivity contribution in [1.82, 2.24) is 25.3 Å². The Labute approximate surface area is 187 Å². The van der Waals surface area contributed by atoms with Gasteiger partial charge in [-0.3, -0.25) is 5.10 Å². The summed E-state index contributed by atoms with van der Waals surface area (Å²) in [6.45, 7) is 5.85. The predicted octanol–water partition coefficient (Wildman–Crippen LogP) is 5.18. The van der Waals surface area contributed by atoms with E-state index in [-0.39, 0.29) is 11.6 Å². The maximum Gasteiger partial charge on any atom is 0.165 e. The van der Waals surface area contributed by atoms with Crippen molar-refractivity contribution in [2.45, 2.75) is 39.8 Å². The molecule has 32 heavy (non-hydrogen) atoms. The molecular formula is C25H28FN5O. The Hall–Kier alpha value is -3.45. The van der Waals surface area contributed by atoms with Gasteiger partial charge in [0.2, 0.25) is 0 Å². The maximum absolute atomic E-state index is 14.7. The topological polar surface area (TPSA) is 67.8 Å². The number of benzene rings is 2. The number of ether oxygens (including phenoxy) is 1. The highest BCUT2D eigenvalue weighted by atomic mass is 19.1. The monoisotopic (exact) mass is 433 g/mol. The van der Waals surface area contributed by atoms with E-state index in [1.54, 1.807) is 6.07 Å². The molecule has 4 rings (SSSR count). The number of hydrogen-bond donors (Lipinski definition) is 2. The molecule has 0 unspecified atom stereocenters. The summed E-state index contributed by atoms with van der Waals surface area (Å²) < 4.78 is 22.1. The number of nitrogens with zero attached hydrogens (tertiary/aromatic N) is 3. The van der Waals surface area contributed by atoms with Gasteiger partial charge >= 0.3 is 0 Å². The van der Waals surface area contributed by atoms with E-state index < -0.39 is 0 Å². The van der Waals surface area contributed by atoms with Crippen molar-refractivity contribution < 1.29 is 9.13 Å². The lowest BCUT2D eigenvalue weighted by atomic mass is 10.1. The molecule has 166 valence electrons. The van der Waals surface area contributed by atoms with Gasteiger partial charge in [0.15, 0.2) is 11.6 Å². The van der Waals surface area contributed by atoms with Crippen LogP contribution in [0.15, 0.2) is 60.9 Å². The molecule has 2 aromatic carbocycles. The minimum atomic E-state index is -0.374. The van der Waals surface area contributed by atoms with Gasteiger partial charge in [-0.1, -0.05) is 31.5 Å². The van der Waals surface area contributed by atoms with Gasteiger partial charge in [0.1, 0.15) is 0 Å². The van der Waals surface area contributed by atoms with Gasteiger partial charge in [-0.2, -0.15) is 10.2 Å². The van der Waals surface area contributed by atoms with Crippen LogP contribution in [0.1, 0.15) is 36.6 Å². The molecule has 0 aliphatic rings. The first-order valence-corrected chi connectivity index (χ1v) is 10.9. The molecule has 0 saturated heterocycles. The largest absolute Gasteiger partial charge is 0.491 e. The molecule has 0 spiro atoms. The lowest BCUT2D eigenvalue weighted by Crippen LogP contribution is -2.13. The smallest absolute Gasteiger partial charge is 0.165 e. The fraction of sp³-hybridized carbons (Fsp3) is 0.280. The number of hydrogen-bond acceptors (Lipinski definition) is 4. The Morgan fingerprint density at radius 1 is 1.09 bits per heavy atom. The Morgan fingerprint density at radius 2 is 1.91 bits per heavy atom. The zero-order valence-corrected chi connectivity index (χ0v) is 18.4. The van der Waals surface area contributed by atoms with Gasteiger partial charge in [0, 0.05) is 41.7 Å². The van der Waals surface area contributed by atoms with Gasteiger partial charge in [0.25, 0.3) is 0 Å².